The highest BCUT2D eigenvalue weighted by atomic mass is 79.9. The second kappa shape index (κ2) is 3.07. The normalized spacial score (nSPS) is 26.8. The van der Waals surface area contributed by atoms with Crippen LogP contribution >= 0.6 is 15.9 Å². The smallest absolute Gasteiger partial charge is 0.319 e. The highest BCUT2D eigenvalue weighted by molar-refractivity contribution is 9.10. The summed E-state index contributed by atoms with van der Waals surface area (Å²) in [5, 5.41) is 5.05. The Kier molecular flexibility index (Phi) is 1.89. The molecule has 1 atom stereocenters. The minimum absolute atomic E-state index is 0.247. The van der Waals surface area contributed by atoms with Crippen LogP contribution in [-0.4, -0.2) is 11.9 Å². The van der Waals surface area contributed by atoms with Gasteiger partial charge in [0.25, 0.3) is 5.91 Å². The molecule has 1 heterocycles. The molecule has 3 amide bonds. The first-order chi connectivity index (χ1) is 7.63. The van der Waals surface area contributed by atoms with Crippen molar-refractivity contribution in [1.29, 1.82) is 0 Å². The summed E-state index contributed by atoms with van der Waals surface area (Å²) in [6, 6.07) is 5.42. The van der Waals surface area contributed by atoms with Crippen LogP contribution in [0.3, 0.4) is 0 Å². The highest BCUT2D eigenvalue weighted by Crippen LogP contribution is 2.42. The maximum absolute atomic E-state index is 11.9. The van der Waals surface area contributed by atoms with Gasteiger partial charge in [0.2, 0.25) is 0 Å². The van der Waals surface area contributed by atoms with Gasteiger partial charge in [-0.05, 0) is 24.5 Å². The van der Waals surface area contributed by atoms with Crippen LogP contribution in [0.15, 0.2) is 22.7 Å². The Morgan fingerprint density at radius 3 is 2.81 bits per heavy atom. The van der Waals surface area contributed by atoms with Gasteiger partial charge in [0.15, 0.2) is 0 Å². The van der Waals surface area contributed by atoms with Crippen molar-refractivity contribution in [3.63, 3.8) is 0 Å². The van der Waals surface area contributed by atoms with Crippen molar-refractivity contribution in [2.75, 3.05) is 0 Å². The van der Waals surface area contributed by atoms with Crippen molar-refractivity contribution in [3.8, 4) is 0 Å². The number of aryl methyl sites for hydroxylation is 1. The van der Waals surface area contributed by atoms with Crippen LogP contribution in [-0.2, 0) is 16.8 Å². The first kappa shape index (κ1) is 9.84. The SMILES string of the molecule is O=C1NC(=O)[C@]2(CCc3cccc(Br)c32)N1. The molecular formula is C11H9BrN2O2. The van der Waals surface area contributed by atoms with Crippen LogP contribution in [0.4, 0.5) is 4.79 Å². The second-order valence-electron chi connectivity index (χ2n) is 4.09. The van der Waals surface area contributed by atoms with E-state index in [1.807, 2.05) is 18.2 Å². The number of carbonyl (C=O) groups is 2. The average Bonchev–Trinajstić information content (AvgIpc) is 2.72. The first-order valence-electron chi connectivity index (χ1n) is 5.05. The third-order valence-corrected chi connectivity index (χ3v) is 3.90. The number of imide groups is 1. The van der Waals surface area contributed by atoms with E-state index in [9.17, 15) is 9.59 Å². The minimum atomic E-state index is -0.855. The number of halogens is 1. The molecule has 4 nitrogen and oxygen atoms in total. The number of fused-ring (bicyclic) bond motifs is 2. The van der Waals surface area contributed by atoms with Crippen LogP contribution < -0.4 is 10.6 Å². The average molecular weight is 281 g/mol. The number of urea groups is 1. The summed E-state index contributed by atoms with van der Waals surface area (Å²) >= 11 is 3.45. The number of carbonyl (C=O) groups excluding carboxylic acids is 2. The monoisotopic (exact) mass is 280 g/mol. The second-order valence-corrected chi connectivity index (χ2v) is 4.94. The number of hydrogen-bond acceptors (Lipinski definition) is 2. The molecule has 3 rings (SSSR count). The summed E-state index contributed by atoms with van der Waals surface area (Å²) in [4.78, 5) is 23.2. The van der Waals surface area contributed by atoms with E-state index >= 15 is 0 Å². The topological polar surface area (TPSA) is 58.2 Å². The van der Waals surface area contributed by atoms with E-state index in [4.69, 9.17) is 0 Å². The van der Waals surface area contributed by atoms with Gasteiger partial charge in [-0.1, -0.05) is 28.1 Å². The van der Waals surface area contributed by atoms with Gasteiger partial charge in [-0.25, -0.2) is 4.79 Å². The van der Waals surface area contributed by atoms with Crippen molar-refractivity contribution in [1.82, 2.24) is 10.6 Å². The third kappa shape index (κ3) is 1.09. The summed E-state index contributed by atoms with van der Waals surface area (Å²) in [6.07, 6.45) is 1.44. The van der Waals surface area contributed by atoms with Crippen LogP contribution in [0, 0.1) is 0 Å². The number of rotatable bonds is 0. The summed E-state index contributed by atoms with van der Waals surface area (Å²) in [5.74, 6) is -0.247. The molecule has 2 aliphatic rings. The van der Waals surface area contributed by atoms with E-state index < -0.39 is 11.6 Å². The zero-order valence-electron chi connectivity index (χ0n) is 8.34. The maximum Gasteiger partial charge on any atom is 0.322 e. The highest BCUT2D eigenvalue weighted by Gasteiger charge is 2.52. The molecule has 1 spiro atoms. The molecule has 1 aromatic rings. The Bertz CT molecular complexity index is 515. The predicted molar refractivity (Wildman–Crippen MR) is 60.8 cm³/mol. The van der Waals surface area contributed by atoms with Crippen LogP contribution in [0.2, 0.25) is 0 Å². The Labute approximate surface area is 101 Å². The quantitative estimate of drug-likeness (QED) is 0.707. The van der Waals surface area contributed by atoms with E-state index in [1.165, 1.54) is 0 Å². The molecule has 0 bridgehead atoms. The van der Waals surface area contributed by atoms with Gasteiger partial charge in [-0.3, -0.25) is 10.1 Å². The summed E-state index contributed by atoms with van der Waals surface area (Å²) in [7, 11) is 0. The number of hydrogen-bond donors (Lipinski definition) is 2. The van der Waals surface area contributed by atoms with Gasteiger partial charge in [0, 0.05) is 10.0 Å². The van der Waals surface area contributed by atoms with Crippen molar-refractivity contribution in [2.45, 2.75) is 18.4 Å². The molecule has 2 N–H and O–H groups in total. The molecule has 0 unspecified atom stereocenters. The van der Waals surface area contributed by atoms with Crippen LogP contribution in [0.5, 0.6) is 0 Å². The molecule has 1 aromatic carbocycles. The predicted octanol–water partition coefficient (Wildman–Crippen LogP) is 1.43. The van der Waals surface area contributed by atoms with Gasteiger partial charge in [0.05, 0.1) is 0 Å². The Balaban J connectivity index is 2.22. The molecule has 0 radical (unpaired) electrons. The fourth-order valence-electron chi connectivity index (χ4n) is 2.55. The van der Waals surface area contributed by atoms with E-state index in [-0.39, 0.29) is 5.91 Å². The summed E-state index contributed by atoms with van der Waals surface area (Å²) in [5.41, 5.74) is 1.16. The lowest BCUT2D eigenvalue weighted by Gasteiger charge is -2.22. The van der Waals surface area contributed by atoms with E-state index in [1.54, 1.807) is 0 Å². The minimum Gasteiger partial charge on any atom is -0.319 e. The maximum atomic E-state index is 11.9. The van der Waals surface area contributed by atoms with Crippen LogP contribution in [0.1, 0.15) is 17.5 Å². The lowest BCUT2D eigenvalue weighted by atomic mass is 9.92. The van der Waals surface area contributed by atoms with E-state index in [2.05, 4.69) is 26.6 Å². The Morgan fingerprint density at radius 2 is 2.12 bits per heavy atom. The molecular weight excluding hydrogens is 272 g/mol. The molecule has 82 valence electrons. The molecule has 1 saturated heterocycles. The summed E-state index contributed by atoms with van der Waals surface area (Å²) in [6.45, 7) is 0. The van der Waals surface area contributed by atoms with Gasteiger partial charge in [-0.15, -0.1) is 0 Å². The zero-order valence-corrected chi connectivity index (χ0v) is 9.93. The molecule has 1 fully saturated rings. The van der Waals surface area contributed by atoms with E-state index in [0.717, 1.165) is 22.0 Å². The molecule has 1 aliphatic carbocycles. The first-order valence-corrected chi connectivity index (χ1v) is 5.84. The zero-order chi connectivity index (χ0) is 11.3. The lowest BCUT2D eigenvalue weighted by molar-refractivity contribution is -0.124. The largest absolute Gasteiger partial charge is 0.322 e. The number of amides is 3. The molecule has 5 heteroatoms. The Morgan fingerprint density at radius 1 is 1.31 bits per heavy atom. The van der Waals surface area contributed by atoms with Gasteiger partial charge < -0.3 is 5.32 Å². The van der Waals surface area contributed by atoms with Crippen LogP contribution in [0.25, 0.3) is 0 Å². The van der Waals surface area contributed by atoms with Gasteiger partial charge >= 0.3 is 6.03 Å². The number of nitrogens with one attached hydrogen (secondary N) is 2. The fraction of sp³-hybridized carbons (Fsp3) is 0.273. The third-order valence-electron chi connectivity index (χ3n) is 3.24. The number of benzene rings is 1. The lowest BCUT2D eigenvalue weighted by Crippen LogP contribution is -2.41. The van der Waals surface area contributed by atoms with Crippen molar-refractivity contribution >= 4 is 27.9 Å². The molecule has 0 saturated carbocycles. The van der Waals surface area contributed by atoms with Crippen molar-refractivity contribution in [2.24, 2.45) is 0 Å². The Hall–Kier alpha value is -1.36. The molecule has 0 aromatic heterocycles. The molecule has 1 aliphatic heterocycles. The van der Waals surface area contributed by atoms with Gasteiger partial charge in [-0.2, -0.15) is 0 Å². The van der Waals surface area contributed by atoms with Crippen molar-refractivity contribution < 1.29 is 9.59 Å². The summed E-state index contributed by atoms with van der Waals surface area (Å²) < 4.78 is 0.875. The van der Waals surface area contributed by atoms with E-state index in [0.29, 0.717) is 6.42 Å². The molecule has 16 heavy (non-hydrogen) atoms. The fourth-order valence-corrected chi connectivity index (χ4v) is 3.29. The standard InChI is InChI=1S/C11H9BrN2O2/c12-7-3-1-2-6-4-5-11(8(6)7)9(15)13-10(16)14-11/h1-3H,4-5H2,(H2,13,14,15,16)/t11-/m1/s1. The van der Waals surface area contributed by atoms with Crippen molar-refractivity contribution in [3.05, 3.63) is 33.8 Å². The van der Waals surface area contributed by atoms with Gasteiger partial charge in [0.1, 0.15) is 5.54 Å².